The molecule has 0 saturated heterocycles. The lowest BCUT2D eigenvalue weighted by molar-refractivity contribution is 0.348. The van der Waals surface area contributed by atoms with Gasteiger partial charge in [-0.3, -0.25) is 0 Å². The van der Waals surface area contributed by atoms with Crippen molar-refractivity contribution in [3.8, 4) is 23.5 Å². The number of benzene rings is 1. The van der Waals surface area contributed by atoms with Gasteiger partial charge in [-0.25, -0.2) is 0 Å². The van der Waals surface area contributed by atoms with Crippen LogP contribution in [0.25, 0.3) is 0 Å². The van der Waals surface area contributed by atoms with Crippen LogP contribution in [0.5, 0.6) is 23.5 Å². The third-order valence-corrected chi connectivity index (χ3v) is 2.62. The lowest BCUT2D eigenvalue weighted by atomic mass is 10.2. The van der Waals surface area contributed by atoms with Crippen molar-refractivity contribution in [3.05, 3.63) is 35.9 Å². The van der Waals surface area contributed by atoms with Gasteiger partial charge in [-0.15, -0.1) is 0 Å². The second-order valence-corrected chi connectivity index (χ2v) is 4.47. The van der Waals surface area contributed by atoms with Crippen LogP contribution in [0.3, 0.4) is 0 Å². The average Bonchev–Trinajstić information content (AvgIpc) is 2.53. The first kappa shape index (κ1) is 15.6. The molecule has 22 heavy (non-hydrogen) atoms. The molecule has 0 amide bonds. The number of rotatable bonds is 6. The van der Waals surface area contributed by atoms with Gasteiger partial charge in [0, 0.05) is 19.7 Å². The van der Waals surface area contributed by atoms with Gasteiger partial charge in [-0.2, -0.15) is 15.1 Å². The number of nitrogens with zero attached hydrogens (tertiary/aromatic N) is 4. The number of para-hydroxylation sites is 1. The van der Waals surface area contributed by atoms with Crippen molar-refractivity contribution < 1.29 is 14.2 Å². The summed E-state index contributed by atoms with van der Waals surface area (Å²) in [6.45, 7) is 0. The van der Waals surface area contributed by atoms with Gasteiger partial charge in [0.2, 0.25) is 11.8 Å². The lowest BCUT2D eigenvalue weighted by Crippen LogP contribution is -2.03. The molecule has 0 atom stereocenters. The molecule has 0 aliphatic carbocycles. The molecule has 0 radical (unpaired) electrons. The van der Waals surface area contributed by atoms with E-state index in [1.807, 2.05) is 38.4 Å². The molecular formula is C15H18N4O3. The predicted molar refractivity (Wildman–Crippen MR) is 82.9 cm³/mol. The summed E-state index contributed by atoms with van der Waals surface area (Å²) in [6.07, 6.45) is 1.70. The van der Waals surface area contributed by atoms with E-state index < -0.39 is 0 Å². The van der Waals surface area contributed by atoms with Crippen LogP contribution in [-0.4, -0.2) is 49.5 Å². The molecule has 0 spiro atoms. The first-order valence-corrected chi connectivity index (χ1v) is 6.57. The second kappa shape index (κ2) is 7.26. The molecule has 0 unspecified atom stereocenters. The molecule has 7 heteroatoms. The quantitative estimate of drug-likeness (QED) is 0.602. The van der Waals surface area contributed by atoms with Crippen LogP contribution < -0.4 is 14.2 Å². The fourth-order valence-corrected chi connectivity index (χ4v) is 1.59. The highest BCUT2D eigenvalue weighted by Gasteiger charge is 2.09. The van der Waals surface area contributed by atoms with Crippen molar-refractivity contribution in [2.45, 2.75) is 0 Å². The van der Waals surface area contributed by atoms with Crippen molar-refractivity contribution in [2.24, 2.45) is 5.10 Å². The molecule has 116 valence electrons. The van der Waals surface area contributed by atoms with Crippen molar-refractivity contribution in [3.63, 3.8) is 0 Å². The Hall–Kier alpha value is -2.83. The maximum Gasteiger partial charge on any atom is 0.328 e. The average molecular weight is 302 g/mol. The largest absolute Gasteiger partial charge is 0.481 e. The van der Waals surface area contributed by atoms with E-state index in [2.05, 4.69) is 15.1 Å². The molecule has 1 aromatic carbocycles. The molecular weight excluding hydrogens is 284 g/mol. The van der Waals surface area contributed by atoms with Gasteiger partial charge in [0.15, 0.2) is 0 Å². The summed E-state index contributed by atoms with van der Waals surface area (Å²) in [6, 6.07) is 9.18. The standard InChI is InChI=1S/C15H18N4O3/c1-19(2)16-10-11-7-5-6-8-12(11)22-15-17-13(20-3)9-14(18-15)21-4/h5-10H,1-4H3. The summed E-state index contributed by atoms with van der Waals surface area (Å²) in [5.41, 5.74) is 0.807. The zero-order valence-electron chi connectivity index (χ0n) is 13.0. The Balaban J connectivity index is 2.31. The minimum absolute atomic E-state index is 0.141. The molecule has 1 aromatic heterocycles. The number of aromatic nitrogens is 2. The summed E-state index contributed by atoms with van der Waals surface area (Å²) >= 11 is 0. The Morgan fingerprint density at radius 3 is 2.27 bits per heavy atom. The van der Waals surface area contributed by atoms with Crippen LogP contribution in [0.1, 0.15) is 5.56 Å². The summed E-state index contributed by atoms with van der Waals surface area (Å²) in [7, 11) is 6.72. The van der Waals surface area contributed by atoms with E-state index in [1.54, 1.807) is 17.3 Å². The molecule has 2 aromatic rings. The van der Waals surface area contributed by atoms with Crippen molar-refractivity contribution in [2.75, 3.05) is 28.3 Å². The van der Waals surface area contributed by atoms with Crippen LogP contribution in [0, 0.1) is 0 Å². The number of methoxy groups -OCH3 is 2. The maximum atomic E-state index is 5.73. The predicted octanol–water partition coefficient (Wildman–Crippen LogP) is 2.18. The highest BCUT2D eigenvalue weighted by atomic mass is 16.5. The van der Waals surface area contributed by atoms with Gasteiger partial charge in [0.05, 0.1) is 26.5 Å². The van der Waals surface area contributed by atoms with Crippen molar-refractivity contribution in [1.29, 1.82) is 0 Å². The summed E-state index contributed by atoms with van der Waals surface area (Å²) in [4.78, 5) is 8.28. The second-order valence-electron chi connectivity index (χ2n) is 4.47. The summed E-state index contributed by atoms with van der Waals surface area (Å²) in [5, 5.41) is 5.90. The topological polar surface area (TPSA) is 69.1 Å². The third-order valence-electron chi connectivity index (χ3n) is 2.62. The van der Waals surface area contributed by atoms with Gasteiger partial charge in [-0.1, -0.05) is 12.1 Å². The van der Waals surface area contributed by atoms with Crippen molar-refractivity contribution >= 4 is 6.21 Å². The van der Waals surface area contributed by atoms with Crippen molar-refractivity contribution in [1.82, 2.24) is 15.0 Å². The molecule has 0 N–H and O–H groups in total. The Labute approximate surface area is 129 Å². The molecule has 0 bridgehead atoms. The highest BCUT2D eigenvalue weighted by Crippen LogP contribution is 2.25. The van der Waals surface area contributed by atoms with Gasteiger partial charge in [-0.05, 0) is 12.1 Å². The minimum Gasteiger partial charge on any atom is -0.481 e. The number of hydrogen-bond donors (Lipinski definition) is 0. The Kier molecular flexibility index (Phi) is 5.13. The maximum absolute atomic E-state index is 5.73. The lowest BCUT2D eigenvalue weighted by Gasteiger charge is -2.09. The molecule has 0 fully saturated rings. The minimum atomic E-state index is 0.141. The third kappa shape index (κ3) is 4.08. The Morgan fingerprint density at radius 2 is 1.68 bits per heavy atom. The molecule has 0 aliphatic rings. The van der Waals surface area contributed by atoms with E-state index in [-0.39, 0.29) is 6.01 Å². The zero-order valence-corrected chi connectivity index (χ0v) is 13.0. The SMILES string of the molecule is COc1cc(OC)nc(Oc2ccccc2C=NN(C)C)n1. The fourth-order valence-electron chi connectivity index (χ4n) is 1.59. The van der Waals surface area contributed by atoms with E-state index >= 15 is 0 Å². The first-order chi connectivity index (χ1) is 10.6. The van der Waals surface area contributed by atoms with Gasteiger partial charge in [0.25, 0.3) is 0 Å². The van der Waals surface area contributed by atoms with E-state index in [1.165, 1.54) is 14.2 Å². The number of ether oxygens (including phenoxy) is 3. The fraction of sp³-hybridized carbons (Fsp3) is 0.267. The van der Waals surface area contributed by atoms with Crippen LogP contribution in [-0.2, 0) is 0 Å². The molecule has 0 saturated carbocycles. The first-order valence-electron chi connectivity index (χ1n) is 6.57. The van der Waals surface area contributed by atoms with Gasteiger partial charge < -0.3 is 19.2 Å². The smallest absolute Gasteiger partial charge is 0.328 e. The zero-order chi connectivity index (χ0) is 15.9. The Bertz CT molecular complexity index is 637. The van der Waals surface area contributed by atoms with Crippen LogP contribution in [0.4, 0.5) is 0 Å². The van der Waals surface area contributed by atoms with E-state index in [0.717, 1.165) is 5.56 Å². The van der Waals surface area contributed by atoms with E-state index in [4.69, 9.17) is 14.2 Å². The molecule has 2 rings (SSSR count). The van der Waals surface area contributed by atoms with Crippen LogP contribution in [0.15, 0.2) is 35.4 Å². The van der Waals surface area contributed by atoms with Gasteiger partial charge in [0.1, 0.15) is 5.75 Å². The number of hydrogen-bond acceptors (Lipinski definition) is 7. The summed E-state index contributed by atoms with van der Waals surface area (Å²) in [5.74, 6) is 1.31. The molecule has 1 heterocycles. The van der Waals surface area contributed by atoms with Crippen LogP contribution in [0.2, 0.25) is 0 Å². The normalized spacial score (nSPS) is 10.5. The van der Waals surface area contributed by atoms with E-state index in [0.29, 0.717) is 17.5 Å². The number of hydrazone groups is 1. The molecule has 7 nitrogen and oxygen atoms in total. The highest BCUT2D eigenvalue weighted by molar-refractivity contribution is 5.83. The summed E-state index contributed by atoms with van der Waals surface area (Å²) < 4.78 is 15.9. The van der Waals surface area contributed by atoms with Crippen LogP contribution >= 0.6 is 0 Å². The molecule has 0 aliphatic heterocycles. The van der Waals surface area contributed by atoms with Gasteiger partial charge >= 0.3 is 6.01 Å². The van der Waals surface area contributed by atoms with E-state index in [9.17, 15) is 0 Å². The monoisotopic (exact) mass is 302 g/mol. The Morgan fingerprint density at radius 1 is 1.05 bits per heavy atom.